The van der Waals surface area contributed by atoms with E-state index in [0.717, 1.165) is 25.7 Å². The van der Waals surface area contributed by atoms with Gasteiger partial charge in [0.15, 0.2) is 0 Å². The van der Waals surface area contributed by atoms with Gasteiger partial charge in [0, 0.05) is 13.7 Å². The fourth-order valence-corrected chi connectivity index (χ4v) is 2.92. The monoisotopic (exact) mass is 288 g/mol. The van der Waals surface area contributed by atoms with Crippen molar-refractivity contribution in [2.75, 3.05) is 40.1 Å². The van der Waals surface area contributed by atoms with Gasteiger partial charge >= 0.3 is 5.97 Å². The molecule has 5 nitrogen and oxygen atoms in total. The van der Waals surface area contributed by atoms with Gasteiger partial charge in [0.2, 0.25) is 0 Å². The number of carboxylic acids is 1. The van der Waals surface area contributed by atoms with Crippen LogP contribution in [0.2, 0.25) is 0 Å². The highest BCUT2D eigenvalue weighted by Gasteiger charge is 2.41. The van der Waals surface area contributed by atoms with E-state index in [4.69, 9.17) is 14.2 Å². The summed E-state index contributed by atoms with van der Waals surface area (Å²) in [4.78, 5) is 11.6. The van der Waals surface area contributed by atoms with Crippen LogP contribution in [-0.2, 0) is 19.0 Å². The molecule has 0 amide bonds. The van der Waals surface area contributed by atoms with Gasteiger partial charge in [-0.2, -0.15) is 0 Å². The summed E-state index contributed by atoms with van der Waals surface area (Å²) in [6.45, 7) is 4.82. The van der Waals surface area contributed by atoms with Gasteiger partial charge in [-0.3, -0.25) is 4.79 Å². The number of methoxy groups -OCH3 is 1. The van der Waals surface area contributed by atoms with Crippen LogP contribution < -0.4 is 0 Å². The molecule has 2 unspecified atom stereocenters. The van der Waals surface area contributed by atoms with Crippen molar-refractivity contribution in [2.45, 2.75) is 39.0 Å². The number of aliphatic carboxylic acids is 1. The molecule has 5 heteroatoms. The standard InChI is InChI=1S/C15H28O5/c1-13-4-3-5-15(12-13,14(16)17)6-7-19-10-11-20-9-8-18-2/h13H,3-12H2,1-2H3,(H,16,17). The van der Waals surface area contributed by atoms with Gasteiger partial charge in [-0.05, 0) is 25.2 Å². The molecule has 1 saturated carbocycles. The number of carbonyl (C=O) groups is 1. The Hall–Kier alpha value is -0.650. The van der Waals surface area contributed by atoms with Crippen molar-refractivity contribution in [3.8, 4) is 0 Å². The van der Waals surface area contributed by atoms with E-state index in [0.29, 0.717) is 45.4 Å². The van der Waals surface area contributed by atoms with Crippen molar-refractivity contribution >= 4 is 5.97 Å². The Kier molecular flexibility index (Phi) is 8.11. The molecule has 0 aromatic rings. The number of carboxylic acid groups (broad SMARTS) is 1. The summed E-state index contributed by atoms with van der Waals surface area (Å²) in [6, 6.07) is 0. The minimum absolute atomic E-state index is 0.493. The lowest BCUT2D eigenvalue weighted by molar-refractivity contribution is -0.153. The molecule has 1 N–H and O–H groups in total. The van der Waals surface area contributed by atoms with E-state index in [1.165, 1.54) is 0 Å². The van der Waals surface area contributed by atoms with Crippen molar-refractivity contribution in [3.05, 3.63) is 0 Å². The van der Waals surface area contributed by atoms with Crippen molar-refractivity contribution < 1.29 is 24.1 Å². The molecule has 0 aliphatic heterocycles. The molecule has 2 atom stereocenters. The highest BCUT2D eigenvalue weighted by molar-refractivity contribution is 5.74. The average Bonchev–Trinajstić information content (AvgIpc) is 2.41. The molecule has 0 spiro atoms. The average molecular weight is 288 g/mol. The van der Waals surface area contributed by atoms with E-state index in [2.05, 4.69) is 6.92 Å². The third-order valence-corrected chi connectivity index (χ3v) is 4.07. The Morgan fingerprint density at radius 2 is 1.85 bits per heavy atom. The zero-order valence-electron chi connectivity index (χ0n) is 12.7. The number of hydrogen-bond acceptors (Lipinski definition) is 4. The first kappa shape index (κ1) is 17.4. The first-order valence-corrected chi connectivity index (χ1v) is 7.48. The number of ether oxygens (including phenoxy) is 3. The summed E-state index contributed by atoms with van der Waals surface area (Å²) in [5, 5.41) is 9.51. The second-order valence-corrected chi connectivity index (χ2v) is 5.75. The van der Waals surface area contributed by atoms with E-state index in [-0.39, 0.29) is 0 Å². The molecule has 0 aromatic heterocycles. The summed E-state index contributed by atoms with van der Waals surface area (Å²) in [5.74, 6) is -0.166. The Morgan fingerprint density at radius 3 is 2.45 bits per heavy atom. The zero-order chi connectivity index (χ0) is 14.8. The van der Waals surface area contributed by atoms with Crippen LogP contribution in [0.3, 0.4) is 0 Å². The van der Waals surface area contributed by atoms with Gasteiger partial charge in [0.1, 0.15) is 0 Å². The maximum Gasteiger partial charge on any atom is 0.309 e. The lowest BCUT2D eigenvalue weighted by Crippen LogP contribution is -2.37. The number of hydrogen-bond donors (Lipinski definition) is 1. The molecule has 0 radical (unpaired) electrons. The van der Waals surface area contributed by atoms with Crippen molar-refractivity contribution in [1.82, 2.24) is 0 Å². The molecule has 1 rings (SSSR count). The van der Waals surface area contributed by atoms with Gasteiger partial charge < -0.3 is 19.3 Å². The summed E-state index contributed by atoms with van der Waals surface area (Å²) < 4.78 is 15.7. The van der Waals surface area contributed by atoms with E-state index >= 15 is 0 Å². The first-order chi connectivity index (χ1) is 9.60. The predicted molar refractivity (Wildman–Crippen MR) is 75.8 cm³/mol. The highest BCUT2D eigenvalue weighted by atomic mass is 16.5. The lowest BCUT2D eigenvalue weighted by atomic mass is 9.68. The van der Waals surface area contributed by atoms with Crippen LogP contribution >= 0.6 is 0 Å². The summed E-state index contributed by atoms with van der Waals surface area (Å²) in [5.41, 5.74) is -0.575. The van der Waals surface area contributed by atoms with E-state index < -0.39 is 11.4 Å². The Balaban J connectivity index is 2.18. The predicted octanol–water partition coefficient (Wildman–Crippen LogP) is 2.34. The maximum atomic E-state index is 11.6. The fourth-order valence-electron chi connectivity index (χ4n) is 2.92. The zero-order valence-corrected chi connectivity index (χ0v) is 12.7. The van der Waals surface area contributed by atoms with Crippen LogP contribution in [0.1, 0.15) is 39.0 Å². The molecular formula is C15H28O5. The topological polar surface area (TPSA) is 65.0 Å². The summed E-state index contributed by atoms with van der Waals surface area (Å²) >= 11 is 0. The summed E-state index contributed by atoms with van der Waals surface area (Å²) in [6.07, 6.45) is 4.30. The molecular weight excluding hydrogens is 260 g/mol. The minimum Gasteiger partial charge on any atom is -0.481 e. The first-order valence-electron chi connectivity index (χ1n) is 7.48. The van der Waals surface area contributed by atoms with E-state index in [1.807, 2.05) is 0 Å². The SMILES string of the molecule is COCCOCCOCCC1(C(=O)O)CCCC(C)C1. The molecule has 0 heterocycles. The Morgan fingerprint density at radius 1 is 1.20 bits per heavy atom. The molecule has 0 bridgehead atoms. The minimum atomic E-state index is -0.663. The largest absolute Gasteiger partial charge is 0.481 e. The van der Waals surface area contributed by atoms with Gasteiger partial charge in [-0.25, -0.2) is 0 Å². The van der Waals surface area contributed by atoms with Crippen LogP contribution in [-0.4, -0.2) is 51.2 Å². The molecule has 0 saturated heterocycles. The highest BCUT2D eigenvalue weighted by Crippen LogP contribution is 2.42. The Labute approximate surface area is 121 Å². The van der Waals surface area contributed by atoms with Crippen LogP contribution in [0.15, 0.2) is 0 Å². The third kappa shape index (κ3) is 5.77. The van der Waals surface area contributed by atoms with Gasteiger partial charge in [-0.1, -0.05) is 19.8 Å². The number of rotatable bonds is 10. The van der Waals surface area contributed by atoms with Crippen molar-refractivity contribution in [3.63, 3.8) is 0 Å². The second kappa shape index (κ2) is 9.32. The van der Waals surface area contributed by atoms with E-state index in [9.17, 15) is 9.90 Å². The third-order valence-electron chi connectivity index (χ3n) is 4.07. The molecule has 0 aromatic carbocycles. The quantitative estimate of drug-likeness (QED) is 0.625. The lowest BCUT2D eigenvalue weighted by Gasteiger charge is -2.36. The van der Waals surface area contributed by atoms with Gasteiger partial charge in [-0.15, -0.1) is 0 Å². The van der Waals surface area contributed by atoms with Crippen LogP contribution in [0, 0.1) is 11.3 Å². The molecule has 1 fully saturated rings. The maximum absolute atomic E-state index is 11.6. The molecule has 118 valence electrons. The van der Waals surface area contributed by atoms with Gasteiger partial charge in [0.25, 0.3) is 0 Å². The molecule has 20 heavy (non-hydrogen) atoms. The molecule has 1 aliphatic rings. The van der Waals surface area contributed by atoms with Crippen molar-refractivity contribution in [2.24, 2.45) is 11.3 Å². The normalized spacial score (nSPS) is 26.6. The fraction of sp³-hybridized carbons (Fsp3) is 0.933. The van der Waals surface area contributed by atoms with Crippen LogP contribution in [0.5, 0.6) is 0 Å². The Bertz CT molecular complexity index is 281. The van der Waals surface area contributed by atoms with Crippen LogP contribution in [0.4, 0.5) is 0 Å². The second-order valence-electron chi connectivity index (χ2n) is 5.75. The van der Waals surface area contributed by atoms with Gasteiger partial charge in [0.05, 0.1) is 31.8 Å². The summed E-state index contributed by atoms with van der Waals surface area (Å²) in [7, 11) is 1.64. The van der Waals surface area contributed by atoms with Crippen LogP contribution in [0.25, 0.3) is 0 Å². The van der Waals surface area contributed by atoms with Crippen molar-refractivity contribution in [1.29, 1.82) is 0 Å². The van der Waals surface area contributed by atoms with E-state index in [1.54, 1.807) is 7.11 Å². The molecule has 1 aliphatic carbocycles. The smallest absolute Gasteiger partial charge is 0.309 e.